The SMILES string of the molecule is CCN(CC1CC1)S(=O)(=O)c1cn[nH]c1N. The maximum atomic E-state index is 12.2. The van der Waals surface area contributed by atoms with Gasteiger partial charge in [0.25, 0.3) is 0 Å². The Morgan fingerprint density at radius 2 is 2.31 bits per heavy atom. The molecule has 1 aliphatic rings. The first-order valence-corrected chi connectivity index (χ1v) is 6.78. The fourth-order valence-corrected chi connectivity index (χ4v) is 3.15. The van der Waals surface area contributed by atoms with E-state index in [1.807, 2.05) is 6.92 Å². The lowest BCUT2D eigenvalue weighted by Crippen LogP contribution is -2.33. The fourth-order valence-electron chi connectivity index (χ4n) is 1.62. The van der Waals surface area contributed by atoms with E-state index in [0.29, 0.717) is 19.0 Å². The Morgan fingerprint density at radius 1 is 1.62 bits per heavy atom. The standard InChI is InChI=1S/C9H16N4O2S/c1-2-13(6-7-3-4-7)16(14,15)8-5-11-12-9(8)10/h5,7H,2-4,6H2,1H3,(H3,10,11,12). The normalized spacial score (nSPS) is 16.9. The summed E-state index contributed by atoms with van der Waals surface area (Å²) in [7, 11) is -3.48. The van der Waals surface area contributed by atoms with Gasteiger partial charge in [0, 0.05) is 13.1 Å². The van der Waals surface area contributed by atoms with E-state index in [1.54, 1.807) is 0 Å². The van der Waals surface area contributed by atoms with E-state index in [2.05, 4.69) is 10.2 Å². The number of nitrogens with two attached hydrogens (primary N) is 1. The number of rotatable bonds is 5. The minimum Gasteiger partial charge on any atom is -0.383 e. The van der Waals surface area contributed by atoms with E-state index >= 15 is 0 Å². The Bertz CT molecular complexity index is 464. The van der Waals surface area contributed by atoms with Crippen molar-refractivity contribution < 1.29 is 8.42 Å². The van der Waals surface area contributed by atoms with E-state index in [1.165, 1.54) is 10.5 Å². The van der Waals surface area contributed by atoms with Gasteiger partial charge in [-0.3, -0.25) is 5.10 Å². The van der Waals surface area contributed by atoms with Crippen LogP contribution in [0, 0.1) is 5.92 Å². The average Bonchev–Trinajstić information content (AvgIpc) is 2.95. The lowest BCUT2D eigenvalue weighted by molar-refractivity contribution is 0.412. The third-order valence-electron chi connectivity index (χ3n) is 2.76. The molecular formula is C9H16N4O2S. The highest BCUT2D eigenvalue weighted by Crippen LogP contribution is 2.31. The van der Waals surface area contributed by atoms with E-state index < -0.39 is 10.0 Å². The van der Waals surface area contributed by atoms with Crippen LogP contribution in [0.4, 0.5) is 5.82 Å². The van der Waals surface area contributed by atoms with Crippen LogP contribution < -0.4 is 5.73 Å². The van der Waals surface area contributed by atoms with Gasteiger partial charge in [0.2, 0.25) is 10.0 Å². The zero-order valence-electron chi connectivity index (χ0n) is 9.18. The molecule has 0 unspecified atom stereocenters. The maximum Gasteiger partial charge on any atom is 0.248 e. The first-order valence-electron chi connectivity index (χ1n) is 5.34. The third-order valence-corrected chi connectivity index (χ3v) is 4.73. The summed E-state index contributed by atoms with van der Waals surface area (Å²) in [5.74, 6) is 0.622. The Balaban J connectivity index is 2.25. The molecule has 0 atom stereocenters. The highest BCUT2D eigenvalue weighted by atomic mass is 32.2. The molecule has 1 aromatic heterocycles. The van der Waals surface area contributed by atoms with Gasteiger partial charge in [0.05, 0.1) is 6.20 Å². The number of H-pyrrole nitrogens is 1. The number of hydrogen-bond donors (Lipinski definition) is 2. The monoisotopic (exact) mass is 244 g/mol. The van der Waals surface area contributed by atoms with Crippen molar-refractivity contribution in [3.8, 4) is 0 Å². The molecule has 0 aliphatic heterocycles. The predicted octanol–water partition coefficient (Wildman–Crippen LogP) is 0.413. The fraction of sp³-hybridized carbons (Fsp3) is 0.667. The minimum atomic E-state index is -3.48. The highest BCUT2D eigenvalue weighted by molar-refractivity contribution is 7.89. The molecule has 0 spiro atoms. The third kappa shape index (κ3) is 2.05. The second-order valence-corrected chi connectivity index (χ2v) is 5.95. The van der Waals surface area contributed by atoms with Crippen LogP contribution in [0.2, 0.25) is 0 Å². The van der Waals surface area contributed by atoms with Crippen LogP contribution >= 0.6 is 0 Å². The van der Waals surface area contributed by atoms with Gasteiger partial charge >= 0.3 is 0 Å². The van der Waals surface area contributed by atoms with E-state index in [9.17, 15) is 8.42 Å². The molecule has 16 heavy (non-hydrogen) atoms. The van der Waals surface area contributed by atoms with E-state index in [0.717, 1.165) is 12.8 Å². The molecule has 2 rings (SSSR count). The maximum absolute atomic E-state index is 12.2. The van der Waals surface area contributed by atoms with Gasteiger partial charge in [-0.05, 0) is 18.8 Å². The zero-order chi connectivity index (χ0) is 11.8. The van der Waals surface area contributed by atoms with E-state index in [-0.39, 0.29) is 10.7 Å². The Kier molecular flexibility index (Phi) is 2.90. The van der Waals surface area contributed by atoms with Crippen LogP contribution in [-0.2, 0) is 10.0 Å². The lowest BCUT2D eigenvalue weighted by atomic mass is 10.4. The molecule has 0 bridgehead atoms. The van der Waals surface area contributed by atoms with Crippen LogP contribution in [0.15, 0.2) is 11.1 Å². The molecule has 90 valence electrons. The van der Waals surface area contributed by atoms with Crippen molar-refractivity contribution in [3.63, 3.8) is 0 Å². The molecule has 1 heterocycles. The van der Waals surface area contributed by atoms with Crippen molar-refractivity contribution in [2.24, 2.45) is 5.92 Å². The molecule has 1 aromatic rings. The van der Waals surface area contributed by atoms with Crippen LogP contribution in [0.3, 0.4) is 0 Å². The molecular weight excluding hydrogens is 228 g/mol. The van der Waals surface area contributed by atoms with Crippen molar-refractivity contribution in [1.29, 1.82) is 0 Å². The van der Waals surface area contributed by atoms with Gasteiger partial charge < -0.3 is 5.73 Å². The molecule has 0 radical (unpaired) electrons. The summed E-state index contributed by atoms with van der Waals surface area (Å²) in [6.45, 7) is 2.88. The van der Waals surface area contributed by atoms with Crippen molar-refractivity contribution in [2.45, 2.75) is 24.7 Å². The van der Waals surface area contributed by atoms with Gasteiger partial charge in [-0.25, -0.2) is 8.42 Å². The lowest BCUT2D eigenvalue weighted by Gasteiger charge is -2.19. The Morgan fingerprint density at radius 3 is 2.75 bits per heavy atom. The number of aromatic amines is 1. The van der Waals surface area contributed by atoms with Crippen LogP contribution in [0.25, 0.3) is 0 Å². The van der Waals surface area contributed by atoms with Gasteiger partial charge in [-0.1, -0.05) is 6.92 Å². The average molecular weight is 244 g/mol. The topological polar surface area (TPSA) is 92.1 Å². The van der Waals surface area contributed by atoms with Crippen molar-refractivity contribution in [3.05, 3.63) is 6.20 Å². The van der Waals surface area contributed by atoms with Gasteiger partial charge in [-0.2, -0.15) is 9.40 Å². The second-order valence-electron chi connectivity index (χ2n) is 4.05. The largest absolute Gasteiger partial charge is 0.383 e. The van der Waals surface area contributed by atoms with Gasteiger partial charge in [-0.15, -0.1) is 0 Å². The molecule has 0 amide bonds. The van der Waals surface area contributed by atoms with Crippen molar-refractivity contribution in [2.75, 3.05) is 18.8 Å². The van der Waals surface area contributed by atoms with Crippen LogP contribution in [0.1, 0.15) is 19.8 Å². The van der Waals surface area contributed by atoms with E-state index in [4.69, 9.17) is 5.73 Å². The number of anilines is 1. The van der Waals surface area contributed by atoms with Gasteiger partial charge in [0.1, 0.15) is 10.7 Å². The molecule has 1 fully saturated rings. The first-order chi connectivity index (χ1) is 7.55. The number of nitrogen functional groups attached to an aromatic ring is 1. The number of aromatic nitrogens is 2. The molecule has 3 N–H and O–H groups in total. The molecule has 1 saturated carbocycles. The minimum absolute atomic E-state index is 0.0787. The number of sulfonamides is 1. The molecule has 7 heteroatoms. The summed E-state index contributed by atoms with van der Waals surface area (Å²) in [4.78, 5) is 0.0787. The number of nitrogens with zero attached hydrogens (tertiary/aromatic N) is 2. The quantitative estimate of drug-likeness (QED) is 0.784. The van der Waals surface area contributed by atoms with Crippen LogP contribution in [-0.4, -0.2) is 36.0 Å². The summed E-state index contributed by atoms with van der Waals surface area (Å²) in [6, 6.07) is 0. The van der Waals surface area contributed by atoms with Crippen LogP contribution in [0.5, 0.6) is 0 Å². The first kappa shape index (κ1) is 11.4. The zero-order valence-corrected chi connectivity index (χ0v) is 10.00. The van der Waals surface area contributed by atoms with Crippen molar-refractivity contribution >= 4 is 15.8 Å². The molecule has 0 aromatic carbocycles. The summed E-state index contributed by atoms with van der Waals surface area (Å²) >= 11 is 0. The summed E-state index contributed by atoms with van der Waals surface area (Å²) < 4.78 is 25.9. The van der Waals surface area contributed by atoms with Gasteiger partial charge in [0.15, 0.2) is 0 Å². The molecule has 6 nitrogen and oxygen atoms in total. The summed E-state index contributed by atoms with van der Waals surface area (Å²) in [5, 5.41) is 6.09. The molecule has 0 saturated heterocycles. The highest BCUT2D eigenvalue weighted by Gasteiger charge is 2.32. The Labute approximate surface area is 94.9 Å². The number of nitrogens with one attached hydrogen (secondary N) is 1. The summed E-state index contributed by atoms with van der Waals surface area (Å²) in [5.41, 5.74) is 5.54. The summed E-state index contributed by atoms with van der Waals surface area (Å²) in [6.07, 6.45) is 3.50. The van der Waals surface area contributed by atoms with Crippen molar-refractivity contribution in [1.82, 2.24) is 14.5 Å². The number of hydrogen-bond acceptors (Lipinski definition) is 4. The smallest absolute Gasteiger partial charge is 0.248 e. The predicted molar refractivity (Wildman–Crippen MR) is 60.2 cm³/mol. The Hall–Kier alpha value is -1.08. The molecule has 1 aliphatic carbocycles. The second kappa shape index (κ2) is 4.06.